The molecular formula is C15H13BrN2S. The lowest BCUT2D eigenvalue weighted by Gasteiger charge is -2.12. The van der Waals surface area contributed by atoms with Crippen LogP contribution in [-0.2, 0) is 0 Å². The van der Waals surface area contributed by atoms with Gasteiger partial charge in [-0.3, -0.25) is 4.98 Å². The van der Waals surface area contributed by atoms with Gasteiger partial charge in [0.2, 0.25) is 0 Å². The van der Waals surface area contributed by atoms with E-state index in [0.29, 0.717) is 0 Å². The van der Waals surface area contributed by atoms with Crippen molar-refractivity contribution in [2.75, 3.05) is 0 Å². The molecule has 0 saturated carbocycles. The van der Waals surface area contributed by atoms with Gasteiger partial charge in [-0.05, 0) is 40.5 Å². The molecule has 0 radical (unpaired) electrons. The predicted octanol–water partition coefficient (Wildman–Crippen LogP) is 4.42. The Labute approximate surface area is 124 Å². The van der Waals surface area contributed by atoms with Crippen LogP contribution in [0.4, 0.5) is 0 Å². The molecule has 0 spiro atoms. The first kappa shape index (κ1) is 12.8. The van der Waals surface area contributed by atoms with Crippen molar-refractivity contribution in [1.29, 1.82) is 0 Å². The molecule has 2 nitrogen and oxygen atoms in total. The molecule has 0 fully saturated rings. The van der Waals surface area contributed by atoms with E-state index in [1.54, 1.807) is 11.3 Å². The molecule has 96 valence electrons. The second-order valence-electron chi connectivity index (χ2n) is 4.51. The molecule has 2 aromatic heterocycles. The van der Waals surface area contributed by atoms with Gasteiger partial charge >= 0.3 is 0 Å². The molecule has 1 atom stereocenters. The zero-order valence-electron chi connectivity index (χ0n) is 10.4. The predicted molar refractivity (Wildman–Crippen MR) is 84.5 cm³/mol. The van der Waals surface area contributed by atoms with Gasteiger partial charge in [-0.25, -0.2) is 0 Å². The molecule has 0 aliphatic carbocycles. The number of thiophene rings is 1. The van der Waals surface area contributed by atoms with E-state index < -0.39 is 0 Å². The van der Waals surface area contributed by atoms with E-state index in [9.17, 15) is 0 Å². The Morgan fingerprint density at radius 1 is 1.26 bits per heavy atom. The highest BCUT2D eigenvalue weighted by molar-refractivity contribution is 9.11. The van der Waals surface area contributed by atoms with E-state index in [-0.39, 0.29) is 6.04 Å². The number of fused-ring (bicyclic) bond motifs is 1. The van der Waals surface area contributed by atoms with Gasteiger partial charge in [-0.15, -0.1) is 11.3 Å². The number of halogens is 1. The number of nitrogens with zero attached hydrogens (tertiary/aromatic N) is 1. The Bertz CT molecular complexity index is 711. The molecule has 2 heterocycles. The van der Waals surface area contributed by atoms with Gasteiger partial charge in [-0.1, -0.05) is 24.3 Å². The topological polar surface area (TPSA) is 38.9 Å². The minimum atomic E-state index is -0.131. The molecule has 0 saturated heterocycles. The summed E-state index contributed by atoms with van der Waals surface area (Å²) in [5.41, 5.74) is 9.70. The van der Waals surface area contributed by atoms with E-state index in [4.69, 9.17) is 5.73 Å². The molecule has 4 heteroatoms. The molecule has 19 heavy (non-hydrogen) atoms. The van der Waals surface area contributed by atoms with Crippen LogP contribution in [0.5, 0.6) is 0 Å². The van der Waals surface area contributed by atoms with Crippen LogP contribution < -0.4 is 5.73 Å². The fourth-order valence-electron chi connectivity index (χ4n) is 2.17. The maximum Gasteiger partial charge on any atom is 0.0753 e. The fourth-order valence-corrected chi connectivity index (χ4v) is 3.76. The average molecular weight is 333 g/mol. The van der Waals surface area contributed by atoms with Crippen LogP contribution >= 0.6 is 27.3 Å². The SMILES string of the molecule is Cc1cc(C(N)c2cccc3cccnc23)sc1Br. The summed E-state index contributed by atoms with van der Waals surface area (Å²) < 4.78 is 1.14. The second kappa shape index (κ2) is 5.04. The Balaban J connectivity index is 2.13. The van der Waals surface area contributed by atoms with Crippen molar-refractivity contribution < 1.29 is 0 Å². The number of aryl methyl sites for hydroxylation is 1. The highest BCUT2D eigenvalue weighted by Gasteiger charge is 2.16. The fraction of sp³-hybridized carbons (Fsp3) is 0.133. The number of hydrogen-bond acceptors (Lipinski definition) is 3. The van der Waals surface area contributed by atoms with Gasteiger partial charge in [0.05, 0.1) is 15.3 Å². The third-order valence-electron chi connectivity index (χ3n) is 3.18. The van der Waals surface area contributed by atoms with Crippen LogP contribution in [0.2, 0.25) is 0 Å². The van der Waals surface area contributed by atoms with Crippen LogP contribution in [-0.4, -0.2) is 4.98 Å². The van der Waals surface area contributed by atoms with Gasteiger partial charge in [0.15, 0.2) is 0 Å². The molecule has 0 aliphatic heterocycles. The lowest BCUT2D eigenvalue weighted by Crippen LogP contribution is -2.11. The van der Waals surface area contributed by atoms with E-state index in [1.165, 1.54) is 5.56 Å². The summed E-state index contributed by atoms with van der Waals surface area (Å²) in [5, 5.41) is 1.13. The largest absolute Gasteiger partial charge is 0.320 e. The highest BCUT2D eigenvalue weighted by Crippen LogP contribution is 2.34. The van der Waals surface area contributed by atoms with Crippen LogP contribution in [0.25, 0.3) is 10.9 Å². The molecule has 2 N–H and O–H groups in total. The van der Waals surface area contributed by atoms with E-state index >= 15 is 0 Å². The smallest absolute Gasteiger partial charge is 0.0753 e. The van der Waals surface area contributed by atoms with Crippen molar-refractivity contribution in [3.63, 3.8) is 0 Å². The van der Waals surface area contributed by atoms with Crippen molar-refractivity contribution in [3.05, 3.63) is 62.4 Å². The summed E-state index contributed by atoms with van der Waals surface area (Å²) in [6.45, 7) is 2.08. The maximum atomic E-state index is 6.41. The Hall–Kier alpha value is -1.23. The summed E-state index contributed by atoms with van der Waals surface area (Å²) in [6, 6.07) is 12.2. The standard InChI is InChI=1S/C15H13BrN2S/c1-9-8-12(19-15(9)16)13(17)11-6-2-4-10-5-3-7-18-14(10)11/h2-8,13H,17H2,1H3. The van der Waals surface area contributed by atoms with Crippen LogP contribution in [0.15, 0.2) is 46.4 Å². The van der Waals surface area contributed by atoms with Gasteiger partial charge in [0.25, 0.3) is 0 Å². The van der Waals surface area contributed by atoms with Gasteiger partial charge < -0.3 is 5.73 Å². The van der Waals surface area contributed by atoms with Crippen LogP contribution in [0.3, 0.4) is 0 Å². The van der Waals surface area contributed by atoms with E-state index in [2.05, 4.69) is 52.1 Å². The second-order valence-corrected chi connectivity index (χ2v) is 6.91. The van der Waals surface area contributed by atoms with Crippen molar-refractivity contribution >= 4 is 38.2 Å². The normalized spacial score (nSPS) is 12.8. The van der Waals surface area contributed by atoms with Crippen molar-refractivity contribution in [1.82, 2.24) is 4.98 Å². The number of pyridine rings is 1. The summed E-state index contributed by atoms with van der Waals surface area (Å²) >= 11 is 5.24. The first-order chi connectivity index (χ1) is 9.16. The van der Waals surface area contributed by atoms with Crippen LogP contribution in [0.1, 0.15) is 22.0 Å². The zero-order valence-corrected chi connectivity index (χ0v) is 12.8. The summed E-state index contributed by atoms with van der Waals surface area (Å²) in [6.07, 6.45) is 1.81. The Morgan fingerprint density at radius 3 is 2.79 bits per heavy atom. The third kappa shape index (κ3) is 2.31. The lowest BCUT2D eigenvalue weighted by atomic mass is 10.0. The molecule has 1 aromatic carbocycles. The number of para-hydroxylation sites is 1. The van der Waals surface area contributed by atoms with E-state index in [1.807, 2.05) is 18.3 Å². The molecule has 0 aliphatic rings. The average Bonchev–Trinajstić information content (AvgIpc) is 2.77. The molecule has 0 bridgehead atoms. The monoisotopic (exact) mass is 332 g/mol. The van der Waals surface area contributed by atoms with Gasteiger partial charge in [0, 0.05) is 22.0 Å². The minimum absolute atomic E-state index is 0.131. The maximum absolute atomic E-state index is 6.41. The first-order valence-corrected chi connectivity index (χ1v) is 7.63. The molecule has 3 rings (SSSR count). The number of aromatic nitrogens is 1. The third-order valence-corrected chi connectivity index (χ3v) is 5.40. The van der Waals surface area contributed by atoms with E-state index in [0.717, 1.165) is 25.1 Å². The quantitative estimate of drug-likeness (QED) is 0.754. The van der Waals surface area contributed by atoms with Crippen molar-refractivity contribution in [2.45, 2.75) is 13.0 Å². The summed E-state index contributed by atoms with van der Waals surface area (Å²) in [7, 11) is 0. The Kier molecular flexibility index (Phi) is 3.39. The highest BCUT2D eigenvalue weighted by atomic mass is 79.9. The summed E-state index contributed by atoms with van der Waals surface area (Å²) in [5.74, 6) is 0. The van der Waals surface area contributed by atoms with Crippen molar-refractivity contribution in [2.24, 2.45) is 5.73 Å². The van der Waals surface area contributed by atoms with Crippen molar-refractivity contribution in [3.8, 4) is 0 Å². The number of rotatable bonds is 2. The molecular weight excluding hydrogens is 320 g/mol. The number of hydrogen-bond donors (Lipinski definition) is 1. The molecule has 3 aromatic rings. The van der Waals surface area contributed by atoms with Gasteiger partial charge in [0.1, 0.15) is 0 Å². The zero-order chi connectivity index (χ0) is 13.4. The Morgan fingerprint density at radius 2 is 2.05 bits per heavy atom. The lowest BCUT2D eigenvalue weighted by molar-refractivity contribution is 0.899. The minimum Gasteiger partial charge on any atom is -0.320 e. The summed E-state index contributed by atoms with van der Waals surface area (Å²) in [4.78, 5) is 5.62. The molecule has 1 unspecified atom stereocenters. The number of benzene rings is 1. The molecule has 0 amide bonds. The van der Waals surface area contributed by atoms with Gasteiger partial charge in [-0.2, -0.15) is 0 Å². The first-order valence-electron chi connectivity index (χ1n) is 6.02. The number of nitrogens with two attached hydrogens (primary N) is 1. The van der Waals surface area contributed by atoms with Crippen LogP contribution in [0, 0.1) is 6.92 Å².